The standard InChI is InChI=1S/C17H29BrN2/c1-3-4-5-6-7-8-9-10-17(19-2)12-15-11-16(18)14-20-13-15/h11,13-14,17,19H,3-10,12H2,1-2H3. The van der Waals surface area contributed by atoms with Crippen molar-refractivity contribution in [3.8, 4) is 0 Å². The lowest BCUT2D eigenvalue weighted by atomic mass is 10.0. The monoisotopic (exact) mass is 340 g/mol. The van der Waals surface area contributed by atoms with Gasteiger partial charge in [-0.1, -0.05) is 51.9 Å². The summed E-state index contributed by atoms with van der Waals surface area (Å²) in [5.74, 6) is 0. The summed E-state index contributed by atoms with van der Waals surface area (Å²) in [7, 11) is 2.07. The number of pyridine rings is 1. The smallest absolute Gasteiger partial charge is 0.0410 e. The molecule has 0 radical (unpaired) electrons. The van der Waals surface area contributed by atoms with Crippen LogP contribution in [0.4, 0.5) is 0 Å². The minimum Gasteiger partial charge on any atom is -0.317 e. The molecular formula is C17H29BrN2. The molecule has 1 heterocycles. The first-order chi connectivity index (χ1) is 9.76. The molecule has 0 aliphatic carbocycles. The number of halogens is 1. The highest BCUT2D eigenvalue weighted by molar-refractivity contribution is 9.10. The van der Waals surface area contributed by atoms with Gasteiger partial charge in [-0.2, -0.15) is 0 Å². The van der Waals surface area contributed by atoms with Gasteiger partial charge in [-0.15, -0.1) is 0 Å². The van der Waals surface area contributed by atoms with Crippen molar-refractivity contribution in [1.29, 1.82) is 0 Å². The molecule has 1 aromatic rings. The highest BCUT2D eigenvalue weighted by atomic mass is 79.9. The van der Waals surface area contributed by atoms with Crippen LogP contribution in [0.3, 0.4) is 0 Å². The van der Waals surface area contributed by atoms with Crippen molar-refractivity contribution >= 4 is 15.9 Å². The molecular weight excluding hydrogens is 312 g/mol. The fourth-order valence-electron chi connectivity index (χ4n) is 2.55. The van der Waals surface area contributed by atoms with Gasteiger partial charge in [0.15, 0.2) is 0 Å². The molecule has 0 spiro atoms. The first kappa shape index (κ1) is 17.6. The molecule has 0 saturated carbocycles. The van der Waals surface area contributed by atoms with Gasteiger partial charge in [-0.05, 0) is 47.4 Å². The molecule has 0 aliphatic rings. The fourth-order valence-corrected chi connectivity index (χ4v) is 2.96. The van der Waals surface area contributed by atoms with E-state index in [1.54, 1.807) is 0 Å². The van der Waals surface area contributed by atoms with Crippen LogP contribution < -0.4 is 5.32 Å². The highest BCUT2D eigenvalue weighted by Gasteiger charge is 2.07. The Hall–Kier alpha value is -0.410. The summed E-state index contributed by atoms with van der Waals surface area (Å²) < 4.78 is 1.07. The summed E-state index contributed by atoms with van der Waals surface area (Å²) >= 11 is 3.48. The molecule has 0 amide bonds. The number of unbranched alkanes of at least 4 members (excludes halogenated alkanes) is 6. The van der Waals surface area contributed by atoms with Crippen molar-refractivity contribution in [2.45, 2.75) is 70.8 Å². The Morgan fingerprint density at radius 1 is 1.10 bits per heavy atom. The Balaban J connectivity index is 2.16. The summed E-state index contributed by atoms with van der Waals surface area (Å²) in [4.78, 5) is 4.24. The summed E-state index contributed by atoms with van der Waals surface area (Å²) in [6, 6.07) is 2.74. The Kier molecular flexibility index (Phi) is 9.94. The minimum absolute atomic E-state index is 0.571. The van der Waals surface area contributed by atoms with Crippen LogP contribution in [-0.2, 0) is 6.42 Å². The summed E-state index contributed by atoms with van der Waals surface area (Å²) in [6.07, 6.45) is 15.8. The molecule has 20 heavy (non-hydrogen) atoms. The quantitative estimate of drug-likeness (QED) is 0.565. The largest absolute Gasteiger partial charge is 0.317 e. The lowest BCUT2D eigenvalue weighted by Crippen LogP contribution is -2.27. The van der Waals surface area contributed by atoms with Crippen LogP contribution in [0, 0.1) is 0 Å². The van der Waals surface area contributed by atoms with Crippen LogP contribution in [0.25, 0.3) is 0 Å². The van der Waals surface area contributed by atoms with E-state index in [1.165, 1.54) is 56.9 Å². The van der Waals surface area contributed by atoms with Gasteiger partial charge in [-0.3, -0.25) is 4.98 Å². The van der Waals surface area contributed by atoms with Crippen LogP contribution in [0.2, 0.25) is 0 Å². The number of aromatic nitrogens is 1. The maximum Gasteiger partial charge on any atom is 0.0410 e. The molecule has 1 unspecified atom stereocenters. The zero-order valence-corrected chi connectivity index (χ0v) is 14.6. The van der Waals surface area contributed by atoms with Gasteiger partial charge in [0.2, 0.25) is 0 Å². The van der Waals surface area contributed by atoms with Gasteiger partial charge in [0.05, 0.1) is 0 Å². The van der Waals surface area contributed by atoms with Crippen molar-refractivity contribution in [2.75, 3.05) is 7.05 Å². The van der Waals surface area contributed by atoms with E-state index in [-0.39, 0.29) is 0 Å². The maximum atomic E-state index is 4.24. The van der Waals surface area contributed by atoms with Gasteiger partial charge in [-0.25, -0.2) is 0 Å². The average Bonchev–Trinajstić information content (AvgIpc) is 2.45. The number of rotatable bonds is 11. The summed E-state index contributed by atoms with van der Waals surface area (Å²) in [5, 5.41) is 3.44. The number of hydrogen-bond acceptors (Lipinski definition) is 2. The third-order valence-corrected chi connectivity index (χ3v) is 4.24. The lowest BCUT2D eigenvalue weighted by Gasteiger charge is -2.16. The van der Waals surface area contributed by atoms with E-state index in [1.807, 2.05) is 12.4 Å². The van der Waals surface area contributed by atoms with Crippen LogP contribution in [0.15, 0.2) is 22.9 Å². The van der Waals surface area contributed by atoms with Crippen molar-refractivity contribution in [3.63, 3.8) is 0 Å². The third-order valence-electron chi connectivity index (χ3n) is 3.81. The summed E-state index contributed by atoms with van der Waals surface area (Å²) in [5.41, 5.74) is 1.31. The fraction of sp³-hybridized carbons (Fsp3) is 0.706. The second-order valence-electron chi connectivity index (χ2n) is 5.61. The van der Waals surface area contributed by atoms with Crippen LogP contribution in [0.5, 0.6) is 0 Å². The molecule has 0 bridgehead atoms. The first-order valence-electron chi connectivity index (χ1n) is 8.03. The lowest BCUT2D eigenvalue weighted by molar-refractivity contribution is 0.478. The summed E-state index contributed by atoms with van der Waals surface area (Å²) in [6.45, 7) is 2.27. The van der Waals surface area contributed by atoms with Gasteiger partial charge >= 0.3 is 0 Å². The molecule has 3 heteroatoms. The third kappa shape index (κ3) is 8.01. The predicted octanol–water partition coefficient (Wildman–Crippen LogP) is 5.12. The van der Waals surface area contributed by atoms with E-state index in [0.717, 1.165) is 10.9 Å². The van der Waals surface area contributed by atoms with E-state index < -0.39 is 0 Å². The average molecular weight is 341 g/mol. The molecule has 0 aliphatic heterocycles. The van der Waals surface area contributed by atoms with E-state index >= 15 is 0 Å². The molecule has 1 rings (SSSR count). The molecule has 1 aromatic heterocycles. The van der Waals surface area contributed by atoms with E-state index in [9.17, 15) is 0 Å². The zero-order valence-electron chi connectivity index (χ0n) is 13.0. The number of likely N-dealkylation sites (N-methyl/N-ethyl adjacent to an activating group) is 1. The second kappa shape index (κ2) is 11.3. The normalized spacial score (nSPS) is 12.6. The van der Waals surface area contributed by atoms with Gasteiger partial charge in [0, 0.05) is 22.9 Å². The zero-order chi connectivity index (χ0) is 14.6. The van der Waals surface area contributed by atoms with Crippen LogP contribution in [-0.4, -0.2) is 18.1 Å². The van der Waals surface area contributed by atoms with Gasteiger partial charge in [0.1, 0.15) is 0 Å². The predicted molar refractivity (Wildman–Crippen MR) is 91.1 cm³/mol. The maximum absolute atomic E-state index is 4.24. The van der Waals surface area contributed by atoms with Crippen molar-refractivity contribution in [3.05, 3.63) is 28.5 Å². The van der Waals surface area contributed by atoms with E-state index in [2.05, 4.69) is 46.3 Å². The van der Waals surface area contributed by atoms with Crippen molar-refractivity contribution in [2.24, 2.45) is 0 Å². The molecule has 1 N–H and O–H groups in total. The SMILES string of the molecule is CCCCCCCCCC(Cc1cncc(Br)c1)NC. The van der Waals surface area contributed by atoms with E-state index in [4.69, 9.17) is 0 Å². The molecule has 2 nitrogen and oxygen atoms in total. The van der Waals surface area contributed by atoms with Gasteiger partial charge in [0.25, 0.3) is 0 Å². The molecule has 0 saturated heterocycles. The molecule has 0 aromatic carbocycles. The Labute approximate surface area is 132 Å². The number of nitrogens with zero attached hydrogens (tertiary/aromatic N) is 1. The molecule has 1 atom stereocenters. The topological polar surface area (TPSA) is 24.9 Å². The van der Waals surface area contributed by atoms with Crippen LogP contribution in [0.1, 0.15) is 63.9 Å². The first-order valence-corrected chi connectivity index (χ1v) is 8.82. The van der Waals surface area contributed by atoms with Crippen LogP contribution >= 0.6 is 15.9 Å². The Morgan fingerprint density at radius 2 is 1.80 bits per heavy atom. The Morgan fingerprint density at radius 3 is 2.45 bits per heavy atom. The van der Waals surface area contributed by atoms with E-state index in [0.29, 0.717) is 6.04 Å². The Bertz CT molecular complexity index is 355. The van der Waals surface area contributed by atoms with Crippen molar-refractivity contribution in [1.82, 2.24) is 10.3 Å². The van der Waals surface area contributed by atoms with Gasteiger partial charge < -0.3 is 5.32 Å². The van der Waals surface area contributed by atoms with Crippen molar-refractivity contribution < 1.29 is 0 Å². The number of nitrogens with one attached hydrogen (secondary N) is 1. The highest BCUT2D eigenvalue weighted by Crippen LogP contribution is 2.14. The molecule has 0 fully saturated rings. The second-order valence-corrected chi connectivity index (χ2v) is 6.53. The molecule has 114 valence electrons. The minimum atomic E-state index is 0.571. The number of hydrogen-bond donors (Lipinski definition) is 1.